The van der Waals surface area contributed by atoms with Gasteiger partial charge in [0.05, 0.1) is 7.11 Å². The molecule has 0 saturated carbocycles. The molecular weight excluding hydrogens is 298 g/mol. The number of fused-ring (bicyclic) bond motifs is 1. The summed E-state index contributed by atoms with van der Waals surface area (Å²) in [5.41, 5.74) is 1.23. The van der Waals surface area contributed by atoms with Crippen LogP contribution in [-0.2, 0) is 9.53 Å². The first-order valence-corrected chi connectivity index (χ1v) is 7.53. The molecular formula is C17H21NO5. The van der Waals surface area contributed by atoms with Crippen LogP contribution < -0.4 is 10.1 Å². The number of benzene rings is 1. The van der Waals surface area contributed by atoms with Gasteiger partial charge in [0.2, 0.25) is 5.76 Å². The lowest BCUT2D eigenvalue weighted by Crippen LogP contribution is -2.36. The molecule has 0 aliphatic carbocycles. The topological polar surface area (TPSA) is 77.8 Å². The second-order valence-electron chi connectivity index (χ2n) is 5.26. The van der Waals surface area contributed by atoms with Crippen LogP contribution in [0.2, 0.25) is 0 Å². The Morgan fingerprint density at radius 2 is 2.09 bits per heavy atom. The van der Waals surface area contributed by atoms with E-state index < -0.39 is 12.1 Å². The normalized spacial score (nSPS) is 12.0. The summed E-state index contributed by atoms with van der Waals surface area (Å²) in [4.78, 5) is 24.0. The van der Waals surface area contributed by atoms with Gasteiger partial charge in [-0.3, -0.25) is 4.79 Å². The van der Waals surface area contributed by atoms with Gasteiger partial charge < -0.3 is 19.2 Å². The summed E-state index contributed by atoms with van der Waals surface area (Å²) in [5, 5.41) is 3.46. The minimum absolute atomic E-state index is 0.100. The van der Waals surface area contributed by atoms with E-state index in [9.17, 15) is 9.59 Å². The van der Waals surface area contributed by atoms with Crippen LogP contribution in [0.5, 0.6) is 5.75 Å². The SMILES string of the molecule is CCCNC(=O)[C@H](C)OC(=O)c1oc2ccc(OC)cc2c1C. The first-order chi connectivity index (χ1) is 11.0. The predicted octanol–water partition coefficient (Wildman–Crippen LogP) is 2.82. The molecule has 1 N–H and O–H groups in total. The first kappa shape index (κ1) is 16.9. The summed E-state index contributed by atoms with van der Waals surface area (Å²) < 4.78 is 15.9. The third-order valence-electron chi connectivity index (χ3n) is 3.53. The number of carbonyl (C=O) groups is 2. The zero-order valence-electron chi connectivity index (χ0n) is 13.8. The molecule has 124 valence electrons. The molecule has 0 spiro atoms. The first-order valence-electron chi connectivity index (χ1n) is 7.53. The lowest BCUT2D eigenvalue weighted by molar-refractivity contribution is -0.129. The number of esters is 1. The number of ether oxygens (including phenoxy) is 2. The maximum absolute atomic E-state index is 12.3. The van der Waals surface area contributed by atoms with Crippen molar-refractivity contribution in [1.82, 2.24) is 5.32 Å². The molecule has 1 aromatic heterocycles. The average molecular weight is 319 g/mol. The van der Waals surface area contributed by atoms with Crippen molar-refractivity contribution in [3.05, 3.63) is 29.5 Å². The van der Waals surface area contributed by atoms with E-state index in [1.165, 1.54) is 6.92 Å². The smallest absolute Gasteiger partial charge is 0.375 e. The van der Waals surface area contributed by atoms with Gasteiger partial charge in [-0.1, -0.05) is 6.92 Å². The Balaban J connectivity index is 2.18. The lowest BCUT2D eigenvalue weighted by atomic mass is 10.1. The summed E-state index contributed by atoms with van der Waals surface area (Å²) in [6.07, 6.45) is -0.0621. The number of furan rings is 1. The summed E-state index contributed by atoms with van der Waals surface area (Å²) >= 11 is 0. The Bertz CT molecular complexity index is 719. The molecule has 0 fully saturated rings. The Morgan fingerprint density at radius 3 is 2.74 bits per heavy atom. The van der Waals surface area contributed by atoms with E-state index in [0.29, 0.717) is 23.4 Å². The van der Waals surface area contributed by atoms with Gasteiger partial charge in [-0.05, 0) is 38.5 Å². The van der Waals surface area contributed by atoms with E-state index in [-0.39, 0.29) is 11.7 Å². The summed E-state index contributed by atoms with van der Waals surface area (Å²) in [6, 6.07) is 5.28. The Morgan fingerprint density at radius 1 is 1.35 bits per heavy atom. The van der Waals surface area contributed by atoms with Gasteiger partial charge in [-0.15, -0.1) is 0 Å². The van der Waals surface area contributed by atoms with E-state index in [2.05, 4.69) is 5.32 Å². The quantitative estimate of drug-likeness (QED) is 0.828. The molecule has 1 atom stereocenters. The highest BCUT2D eigenvalue weighted by Crippen LogP contribution is 2.29. The molecule has 0 aliphatic heterocycles. The highest BCUT2D eigenvalue weighted by atomic mass is 16.6. The van der Waals surface area contributed by atoms with Gasteiger partial charge in [0, 0.05) is 17.5 Å². The maximum atomic E-state index is 12.3. The predicted molar refractivity (Wildman–Crippen MR) is 85.7 cm³/mol. The largest absolute Gasteiger partial charge is 0.497 e. The van der Waals surface area contributed by atoms with Crippen molar-refractivity contribution in [1.29, 1.82) is 0 Å². The standard InChI is InChI=1S/C17H21NO5/c1-5-8-18-16(19)11(3)22-17(20)15-10(2)13-9-12(21-4)6-7-14(13)23-15/h6-7,9,11H,5,8H2,1-4H3,(H,18,19)/t11-/m0/s1. The maximum Gasteiger partial charge on any atom is 0.375 e. The fourth-order valence-electron chi connectivity index (χ4n) is 2.18. The fraction of sp³-hybridized carbons (Fsp3) is 0.412. The van der Waals surface area contributed by atoms with E-state index >= 15 is 0 Å². The minimum atomic E-state index is -0.879. The van der Waals surface area contributed by atoms with E-state index in [1.807, 2.05) is 6.92 Å². The molecule has 1 amide bonds. The second kappa shape index (κ2) is 7.17. The van der Waals surface area contributed by atoms with Crippen molar-refractivity contribution in [3.63, 3.8) is 0 Å². The van der Waals surface area contributed by atoms with Crippen molar-refractivity contribution in [2.45, 2.75) is 33.3 Å². The summed E-state index contributed by atoms with van der Waals surface area (Å²) in [5.74, 6) is -0.204. The second-order valence-corrected chi connectivity index (χ2v) is 5.26. The number of hydrogen-bond acceptors (Lipinski definition) is 5. The number of nitrogens with one attached hydrogen (secondary N) is 1. The molecule has 2 rings (SSSR count). The number of hydrogen-bond donors (Lipinski definition) is 1. The van der Waals surface area contributed by atoms with Crippen molar-refractivity contribution < 1.29 is 23.5 Å². The van der Waals surface area contributed by atoms with Crippen LogP contribution in [0.4, 0.5) is 0 Å². The van der Waals surface area contributed by atoms with Gasteiger partial charge in [0.15, 0.2) is 6.10 Å². The molecule has 0 bridgehead atoms. The number of aryl methyl sites for hydroxylation is 1. The molecule has 1 heterocycles. The number of amides is 1. The molecule has 0 saturated heterocycles. The third kappa shape index (κ3) is 3.64. The fourth-order valence-corrected chi connectivity index (χ4v) is 2.18. The van der Waals surface area contributed by atoms with Gasteiger partial charge in [0.1, 0.15) is 11.3 Å². The molecule has 0 unspecified atom stereocenters. The highest BCUT2D eigenvalue weighted by molar-refractivity contribution is 5.97. The monoisotopic (exact) mass is 319 g/mol. The van der Waals surface area contributed by atoms with Crippen molar-refractivity contribution in [2.24, 2.45) is 0 Å². The van der Waals surface area contributed by atoms with Crippen molar-refractivity contribution >= 4 is 22.8 Å². The zero-order valence-corrected chi connectivity index (χ0v) is 13.8. The van der Waals surface area contributed by atoms with Crippen LogP contribution in [0.25, 0.3) is 11.0 Å². The molecule has 6 nitrogen and oxygen atoms in total. The van der Waals surface area contributed by atoms with Crippen LogP contribution in [0, 0.1) is 6.92 Å². The zero-order chi connectivity index (χ0) is 17.0. The van der Waals surface area contributed by atoms with E-state index in [4.69, 9.17) is 13.9 Å². The van der Waals surface area contributed by atoms with Crippen LogP contribution in [0.3, 0.4) is 0 Å². The van der Waals surface area contributed by atoms with E-state index in [0.717, 1.165) is 11.8 Å². The summed E-state index contributed by atoms with van der Waals surface area (Å²) in [6.45, 7) is 5.79. The molecule has 23 heavy (non-hydrogen) atoms. The highest BCUT2D eigenvalue weighted by Gasteiger charge is 2.24. The van der Waals surface area contributed by atoms with Crippen LogP contribution in [0.15, 0.2) is 22.6 Å². The van der Waals surface area contributed by atoms with Crippen molar-refractivity contribution in [3.8, 4) is 5.75 Å². The van der Waals surface area contributed by atoms with Crippen LogP contribution in [0.1, 0.15) is 36.4 Å². The molecule has 0 aliphatic rings. The van der Waals surface area contributed by atoms with E-state index in [1.54, 1.807) is 32.2 Å². The van der Waals surface area contributed by atoms with Gasteiger partial charge in [-0.2, -0.15) is 0 Å². The minimum Gasteiger partial charge on any atom is -0.497 e. The Labute approximate surface area is 134 Å². The molecule has 0 radical (unpaired) electrons. The molecule has 6 heteroatoms. The van der Waals surface area contributed by atoms with Crippen molar-refractivity contribution in [2.75, 3.05) is 13.7 Å². The number of carbonyl (C=O) groups excluding carboxylic acids is 2. The van der Waals surface area contributed by atoms with Gasteiger partial charge in [0.25, 0.3) is 5.91 Å². The number of methoxy groups -OCH3 is 1. The Kier molecular flexibility index (Phi) is 5.26. The van der Waals surface area contributed by atoms with Crippen LogP contribution >= 0.6 is 0 Å². The van der Waals surface area contributed by atoms with Gasteiger partial charge in [-0.25, -0.2) is 4.79 Å². The molecule has 2 aromatic rings. The molecule has 1 aromatic carbocycles. The van der Waals surface area contributed by atoms with Crippen LogP contribution in [-0.4, -0.2) is 31.6 Å². The number of rotatable bonds is 6. The lowest BCUT2D eigenvalue weighted by Gasteiger charge is -2.12. The average Bonchev–Trinajstić information content (AvgIpc) is 2.88. The third-order valence-corrected chi connectivity index (χ3v) is 3.53. The summed E-state index contributed by atoms with van der Waals surface area (Å²) in [7, 11) is 1.57. The van der Waals surface area contributed by atoms with Gasteiger partial charge >= 0.3 is 5.97 Å². The Hall–Kier alpha value is -2.50.